The van der Waals surface area contributed by atoms with Crippen molar-refractivity contribution in [2.24, 2.45) is 0 Å². The van der Waals surface area contributed by atoms with Gasteiger partial charge in [-0.15, -0.1) is 0 Å². The number of aryl methyl sites for hydroxylation is 1. The number of carbonyl (C=O) groups excluding carboxylic acids is 1. The second kappa shape index (κ2) is 12.3. The fraction of sp³-hybridized carbons (Fsp3) is 0.333. The molecular formula is C33H35NO10. The van der Waals surface area contributed by atoms with Gasteiger partial charge in [0.15, 0.2) is 0 Å². The van der Waals surface area contributed by atoms with E-state index in [2.05, 4.69) is 5.32 Å². The summed E-state index contributed by atoms with van der Waals surface area (Å²) < 4.78 is 33.7. The molecule has 4 atom stereocenters. The van der Waals surface area contributed by atoms with E-state index in [9.17, 15) is 19.8 Å². The van der Waals surface area contributed by atoms with Crippen molar-refractivity contribution in [1.29, 1.82) is 0 Å². The minimum Gasteiger partial charge on any atom is -0.496 e. The minimum absolute atomic E-state index is 0.0677. The third-order valence-corrected chi connectivity index (χ3v) is 7.75. The highest BCUT2D eigenvalue weighted by molar-refractivity contribution is 6.07. The molecule has 3 aromatic carbocycles. The lowest BCUT2D eigenvalue weighted by Crippen LogP contribution is -2.63. The molecule has 1 fully saturated rings. The molecule has 232 valence electrons. The molecule has 11 nitrogen and oxygen atoms in total. The SMILES string of the molecule is COc1ccc(-c2ccccc2OC)cc1C(=O)Nc1cc2ccc(O[C@@H]3OC(C)(C)[C@H](OC)[C@@H](O)[C@H]3O)c(C)c2oc1=O. The molecule has 1 amide bonds. The third kappa shape index (κ3) is 5.74. The van der Waals surface area contributed by atoms with E-state index in [0.29, 0.717) is 22.4 Å². The maximum atomic E-state index is 13.4. The number of methoxy groups -OCH3 is 3. The normalized spacial score (nSPS) is 21.1. The topological polar surface area (TPSA) is 146 Å². The predicted octanol–water partition coefficient (Wildman–Crippen LogP) is 4.29. The number of rotatable bonds is 8. The summed E-state index contributed by atoms with van der Waals surface area (Å²) >= 11 is 0. The Hall–Kier alpha value is -4.42. The third-order valence-electron chi connectivity index (χ3n) is 7.75. The van der Waals surface area contributed by atoms with Crippen molar-refractivity contribution in [3.8, 4) is 28.4 Å². The molecule has 3 N–H and O–H groups in total. The Kier molecular flexibility index (Phi) is 8.66. The quantitative estimate of drug-likeness (QED) is 0.249. The second-order valence-corrected chi connectivity index (χ2v) is 11.0. The molecule has 5 rings (SSSR count). The number of aliphatic hydroxyl groups is 2. The monoisotopic (exact) mass is 605 g/mol. The maximum Gasteiger partial charge on any atom is 0.360 e. The number of aliphatic hydroxyl groups excluding tert-OH is 2. The van der Waals surface area contributed by atoms with Gasteiger partial charge in [0.1, 0.15) is 46.8 Å². The number of hydrogen-bond donors (Lipinski definition) is 3. The van der Waals surface area contributed by atoms with Gasteiger partial charge in [-0.1, -0.05) is 24.3 Å². The van der Waals surface area contributed by atoms with Crippen LogP contribution in [0.2, 0.25) is 0 Å². The van der Waals surface area contributed by atoms with Gasteiger partial charge in [0.25, 0.3) is 5.91 Å². The largest absolute Gasteiger partial charge is 0.496 e. The average Bonchev–Trinajstić information content (AvgIpc) is 3.01. The Morgan fingerprint density at radius 2 is 1.61 bits per heavy atom. The Morgan fingerprint density at radius 1 is 0.909 bits per heavy atom. The van der Waals surface area contributed by atoms with Crippen LogP contribution in [0.4, 0.5) is 5.69 Å². The van der Waals surface area contributed by atoms with Crippen LogP contribution in [0.15, 0.2) is 69.9 Å². The molecule has 0 aliphatic carbocycles. The van der Waals surface area contributed by atoms with Crippen LogP contribution in [-0.2, 0) is 9.47 Å². The lowest BCUT2D eigenvalue weighted by atomic mass is 9.89. The van der Waals surface area contributed by atoms with E-state index in [1.807, 2.05) is 30.3 Å². The van der Waals surface area contributed by atoms with Crippen LogP contribution in [0.25, 0.3) is 22.1 Å². The van der Waals surface area contributed by atoms with Crippen molar-refractivity contribution < 1.29 is 43.1 Å². The van der Waals surface area contributed by atoms with Crippen LogP contribution < -0.4 is 25.2 Å². The van der Waals surface area contributed by atoms with Gasteiger partial charge in [-0.25, -0.2) is 4.79 Å². The molecule has 0 bridgehead atoms. The second-order valence-electron chi connectivity index (χ2n) is 11.0. The first-order valence-corrected chi connectivity index (χ1v) is 13.9. The Morgan fingerprint density at radius 3 is 2.32 bits per heavy atom. The number of benzene rings is 3. The summed E-state index contributed by atoms with van der Waals surface area (Å²) in [5.41, 5.74) is 0.596. The summed E-state index contributed by atoms with van der Waals surface area (Å²) in [4.78, 5) is 26.5. The van der Waals surface area contributed by atoms with E-state index in [0.717, 1.165) is 11.1 Å². The minimum atomic E-state index is -1.40. The molecule has 0 saturated carbocycles. The average molecular weight is 606 g/mol. The highest BCUT2D eigenvalue weighted by Crippen LogP contribution is 2.36. The van der Waals surface area contributed by atoms with E-state index >= 15 is 0 Å². The van der Waals surface area contributed by atoms with Crippen molar-refractivity contribution in [2.75, 3.05) is 26.6 Å². The van der Waals surface area contributed by atoms with Gasteiger partial charge in [-0.2, -0.15) is 0 Å². The van der Waals surface area contributed by atoms with Crippen LogP contribution in [0, 0.1) is 6.92 Å². The van der Waals surface area contributed by atoms with Gasteiger partial charge >= 0.3 is 5.63 Å². The smallest absolute Gasteiger partial charge is 0.360 e. The molecule has 1 saturated heterocycles. The van der Waals surface area contributed by atoms with Gasteiger partial charge in [0, 0.05) is 23.6 Å². The molecular weight excluding hydrogens is 570 g/mol. The predicted molar refractivity (Wildman–Crippen MR) is 163 cm³/mol. The zero-order chi connectivity index (χ0) is 31.8. The summed E-state index contributed by atoms with van der Waals surface area (Å²) in [6.45, 7) is 5.12. The molecule has 1 aliphatic heterocycles. The van der Waals surface area contributed by atoms with E-state index in [1.165, 1.54) is 20.3 Å². The fourth-order valence-corrected chi connectivity index (χ4v) is 5.48. The summed E-state index contributed by atoms with van der Waals surface area (Å²) in [6, 6.07) is 17.4. The molecule has 44 heavy (non-hydrogen) atoms. The standard InChI is InChI=1S/C33H35NO10/c1-17-23(42-32-27(36)26(35)29(41-6)33(2,3)44-32)13-12-19-16-22(31(38)43-28(17)19)34-30(37)21-15-18(11-14-25(21)40-5)20-9-7-8-10-24(20)39-4/h7-16,26-27,29,32,35-36H,1-6H3,(H,34,37)/t26-,27+,29+,32+/m0/s1. The van der Waals surface area contributed by atoms with Crippen molar-refractivity contribution >= 4 is 22.6 Å². The molecule has 4 aromatic rings. The summed E-state index contributed by atoms with van der Waals surface area (Å²) in [6.07, 6.45) is -4.64. The van der Waals surface area contributed by atoms with E-state index in [4.69, 9.17) is 28.1 Å². The van der Waals surface area contributed by atoms with Gasteiger partial charge in [0.2, 0.25) is 6.29 Å². The van der Waals surface area contributed by atoms with Crippen LogP contribution in [0.5, 0.6) is 17.2 Å². The van der Waals surface area contributed by atoms with Crippen molar-refractivity contribution in [3.05, 3.63) is 82.2 Å². The first kappa shape index (κ1) is 31.0. The molecule has 1 aromatic heterocycles. The Balaban J connectivity index is 1.42. The van der Waals surface area contributed by atoms with Gasteiger partial charge < -0.3 is 43.6 Å². The number of nitrogens with one attached hydrogen (secondary N) is 1. The number of carbonyl (C=O) groups is 1. The fourth-order valence-electron chi connectivity index (χ4n) is 5.48. The number of fused-ring (bicyclic) bond motifs is 1. The van der Waals surface area contributed by atoms with Gasteiger partial charge in [0.05, 0.1) is 25.4 Å². The van der Waals surface area contributed by atoms with E-state index in [-0.39, 0.29) is 22.6 Å². The lowest BCUT2D eigenvalue weighted by molar-refractivity contribution is -0.306. The molecule has 1 aliphatic rings. The highest BCUT2D eigenvalue weighted by atomic mass is 16.7. The number of ether oxygens (including phenoxy) is 5. The van der Waals surface area contributed by atoms with E-state index in [1.54, 1.807) is 52.1 Å². The first-order valence-electron chi connectivity index (χ1n) is 13.9. The van der Waals surface area contributed by atoms with E-state index < -0.39 is 41.7 Å². The highest BCUT2D eigenvalue weighted by Gasteiger charge is 2.50. The molecule has 0 unspecified atom stereocenters. The zero-order valence-electron chi connectivity index (χ0n) is 25.2. The summed E-state index contributed by atoms with van der Waals surface area (Å²) in [7, 11) is 4.45. The number of anilines is 1. The van der Waals surface area contributed by atoms with Gasteiger partial charge in [-0.05, 0) is 62.7 Å². The molecule has 11 heteroatoms. The molecule has 0 radical (unpaired) electrons. The summed E-state index contributed by atoms with van der Waals surface area (Å²) in [5, 5.41) is 24.4. The Labute approximate surface area is 253 Å². The van der Waals surface area contributed by atoms with Crippen LogP contribution in [-0.4, -0.2) is 67.7 Å². The van der Waals surface area contributed by atoms with Crippen molar-refractivity contribution in [1.82, 2.24) is 0 Å². The van der Waals surface area contributed by atoms with Crippen molar-refractivity contribution in [3.63, 3.8) is 0 Å². The van der Waals surface area contributed by atoms with Crippen LogP contribution in [0.3, 0.4) is 0 Å². The maximum absolute atomic E-state index is 13.4. The molecule has 2 heterocycles. The van der Waals surface area contributed by atoms with Crippen LogP contribution in [0.1, 0.15) is 29.8 Å². The lowest BCUT2D eigenvalue weighted by Gasteiger charge is -2.46. The summed E-state index contributed by atoms with van der Waals surface area (Å²) in [5.74, 6) is 0.668. The zero-order valence-corrected chi connectivity index (χ0v) is 25.2. The molecule has 0 spiro atoms. The first-order chi connectivity index (χ1) is 21.0. The number of hydrogen-bond acceptors (Lipinski definition) is 10. The van der Waals surface area contributed by atoms with Crippen molar-refractivity contribution in [2.45, 2.75) is 51.0 Å². The van der Waals surface area contributed by atoms with Crippen LogP contribution >= 0.6 is 0 Å². The van der Waals surface area contributed by atoms with Gasteiger partial charge in [-0.3, -0.25) is 4.79 Å². The number of amides is 1. The Bertz CT molecular complexity index is 1750. The number of para-hydroxylation sites is 1.